The molecule has 1 amide bonds. The zero-order valence-electron chi connectivity index (χ0n) is 13.1. The second-order valence-corrected chi connectivity index (χ2v) is 5.59. The molecule has 0 radical (unpaired) electrons. The van der Waals surface area contributed by atoms with Gasteiger partial charge in [0.15, 0.2) is 0 Å². The summed E-state index contributed by atoms with van der Waals surface area (Å²) in [5.41, 5.74) is 2.43. The first-order valence-electron chi connectivity index (χ1n) is 7.85. The van der Waals surface area contributed by atoms with Crippen LogP contribution < -0.4 is 5.32 Å². The number of piperidine rings is 1. The van der Waals surface area contributed by atoms with Gasteiger partial charge in [0.2, 0.25) is 5.91 Å². The maximum Gasteiger partial charge on any atom is 0.248 e. The maximum atomic E-state index is 12.3. The van der Waals surface area contributed by atoms with Gasteiger partial charge in [-0.05, 0) is 50.9 Å². The number of aryl methyl sites for hydroxylation is 1. The molecule has 1 fully saturated rings. The molecule has 0 aliphatic carbocycles. The fraction of sp³-hybridized carbons (Fsp3) is 0.588. The number of rotatable bonds is 6. The Morgan fingerprint density at radius 2 is 2.05 bits per heavy atom. The van der Waals surface area contributed by atoms with Gasteiger partial charge in [0.25, 0.3) is 0 Å². The first-order valence-corrected chi connectivity index (χ1v) is 7.85. The third-order valence-corrected chi connectivity index (χ3v) is 4.09. The molecule has 0 atom stereocenters. The summed E-state index contributed by atoms with van der Waals surface area (Å²) < 4.78 is 5.76. The minimum Gasteiger partial charge on any atom is -0.368 e. The Kier molecular flexibility index (Phi) is 6.21. The van der Waals surface area contributed by atoms with Crippen LogP contribution in [0.5, 0.6) is 0 Å². The highest BCUT2D eigenvalue weighted by Gasteiger charge is 2.18. The number of carbonyl (C=O) groups is 1. The van der Waals surface area contributed by atoms with Crippen molar-refractivity contribution >= 4 is 5.91 Å². The Morgan fingerprint density at radius 3 is 2.71 bits per heavy atom. The van der Waals surface area contributed by atoms with Crippen LogP contribution in [0.1, 0.15) is 30.9 Å². The fourth-order valence-electron chi connectivity index (χ4n) is 2.61. The van der Waals surface area contributed by atoms with E-state index < -0.39 is 0 Å². The normalized spacial score (nSPS) is 15.9. The Balaban J connectivity index is 1.85. The summed E-state index contributed by atoms with van der Waals surface area (Å²) in [5, 5.41) is 3.30. The van der Waals surface area contributed by atoms with Crippen LogP contribution in [-0.2, 0) is 16.1 Å². The van der Waals surface area contributed by atoms with Crippen LogP contribution in [0, 0.1) is 6.92 Å². The number of ether oxygens (including phenoxy) is 1. The Hall–Kier alpha value is -1.39. The molecule has 1 heterocycles. The SMILES string of the molecule is CCN(Cc1ccccc1C)C(=O)COC1CCNCC1. The summed E-state index contributed by atoms with van der Waals surface area (Å²) in [4.78, 5) is 14.2. The minimum absolute atomic E-state index is 0.0827. The molecule has 1 aromatic carbocycles. The highest BCUT2D eigenvalue weighted by molar-refractivity contribution is 5.77. The zero-order chi connectivity index (χ0) is 15.1. The van der Waals surface area contributed by atoms with Crippen molar-refractivity contribution in [2.45, 2.75) is 39.3 Å². The third kappa shape index (κ3) is 4.83. The topological polar surface area (TPSA) is 41.6 Å². The predicted octanol–water partition coefficient (Wildman–Crippen LogP) is 2.11. The van der Waals surface area contributed by atoms with E-state index in [1.807, 2.05) is 24.0 Å². The van der Waals surface area contributed by atoms with Gasteiger partial charge in [0, 0.05) is 13.1 Å². The van der Waals surface area contributed by atoms with Crippen molar-refractivity contribution in [3.05, 3.63) is 35.4 Å². The number of hydrogen-bond donors (Lipinski definition) is 1. The molecule has 0 saturated carbocycles. The van der Waals surface area contributed by atoms with E-state index in [0.717, 1.165) is 25.9 Å². The van der Waals surface area contributed by atoms with Gasteiger partial charge in [-0.2, -0.15) is 0 Å². The van der Waals surface area contributed by atoms with E-state index in [2.05, 4.69) is 24.4 Å². The molecule has 1 aliphatic heterocycles. The molecule has 0 aromatic heterocycles. The van der Waals surface area contributed by atoms with Crippen molar-refractivity contribution in [3.8, 4) is 0 Å². The van der Waals surface area contributed by atoms with Gasteiger partial charge >= 0.3 is 0 Å². The number of benzene rings is 1. The second kappa shape index (κ2) is 8.15. The summed E-state index contributed by atoms with van der Waals surface area (Å²) >= 11 is 0. The average molecular weight is 290 g/mol. The zero-order valence-corrected chi connectivity index (χ0v) is 13.1. The molecule has 0 unspecified atom stereocenters. The molecule has 1 saturated heterocycles. The summed E-state index contributed by atoms with van der Waals surface area (Å²) in [5.74, 6) is 0.0827. The lowest BCUT2D eigenvalue weighted by molar-refractivity contribution is -0.139. The van der Waals surface area contributed by atoms with Crippen LogP contribution in [0.15, 0.2) is 24.3 Å². The molecule has 1 aromatic rings. The lowest BCUT2D eigenvalue weighted by atomic mass is 10.1. The van der Waals surface area contributed by atoms with Crippen molar-refractivity contribution in [2.24, 2.45) is 0 Å². The van der Waals surface area contributed by atoms with E-state index in [0.29, 0.717) is 13.1 Å². The van der Waals surface area contributed by atoms with E-state index in [1.54, 1.807) is 0 Å². The van der Waals surface area contributed by atoms with Gasteiger partial charge < -0.3 is 15.0 Å². The molecule has 4 heteroatoms. The molecule has 2 rings (SSSR count). The van der Waals surface area contributed by atoms with E-state index in [4.69, 9.17) is 4.74 Å². The molecule has 4 nitrogen and oxygen atoms in total. The Labute approximate surface area is 127 Å². The van der Waals surface area contributed by atoms with Gasteiger partial charge in [0.1, 0.15) is 6.61 Å². The number of carbonyl (C=O) groups excluding carboxylic acids is 1. The molecule has 0 bridgehead atoms. The molecule has 0 spiro atoms. The van der Waals surface area contributed by atoms with Crippen molar-refractivity contribution in [1.82, 2.24) is 10.2 Å². The molecule has 1 aliphatic rings. The van der Waals surface area contributed by atoms with Gasteiger partial charge in [-0.1, -0.05) is 24.3 Å². The molecule has 116 valence electrons. The standard InChI is InChI=1S/C17H26N2O2/c1-3-19(12-15-7-5-4-6-14(15)2)17(20)13-21-16-8-10-18-11-9-16/h4-7,16,18H,3,8-13H2,1-2H3. The second-order valence-electron chi connectivity index (χ2n) is 5.59. The Morgan fingerprint density at radius 1 is 1.33 bits per heavy atom. The number of likely N-dealkylation sites (N-methyl/N-ethyl adjacent to an activating group) is 1. The largest absolute Gasteiger partial charge is 0.368 e. The van der Waals surface area contributed by atoms with Crippen LogP contribution in [-0.4, -0.2) is 43.2 Å². The monoisotopic (exact) mass is 290 g/mol. The first kappa shape index (κ1) is 16.0. The van der Waals surface area contributed by atoms with Crippen molar-refractivity contribution < 1.29 is 9.53 Å². The summed E-state index contributed by atoms with van der Waals surface area (Å²) in [6.45, 7) is 7.64. The lowest BCUT2D eigenvalue weighted by Crippen LogP contribution is -2.37. The predicted molar refractivity (Wildman–Crippen MR) is 84.1 cm³/mol. The fourth-order valence-corrected chi connectivity index (χ4v) is 2.61. The molecule has 21 heavy (non-hydrogen) atoms. The first-order chi connectivity index (χ1) is 10.2. The van der Waals surface area contributed by atoms with Crippen molar-refractivity contribution in [2.75, 3.05) is 26.2 Å². The van der Waals surface area contributed by atoms with E-state index in [9.17, 15) is 4.79 Å². The Bertz CT molecular complexity index is 456. The highest BCUT2D eigenvalue weighted by atomic mass is 16.5. The molecular weight excluding hydrogens is 264 g/mol. The number of amides is 1. The lowest BCUT2D eigenvalue weighted by Gasteiger charge is -2.26. The molecular formula is C17H26N2O2. The number of hydrogen-bond acceptors (Lipinski definition) is 3. The van der Waals surface area contributed by atoms with Gasteiger partial charge in [0.05, 0.1) is 6.10 Å². The van der Waals surface area contributed by atoms with Crippen LogP contribution in [0.25, 0.3) is 0 Å². The summed E-state index contributed by atoms with van der Waals surface area (Å²) in [6, 6.07) is 8.21. The average Bonchev–Trinajstić information content (AvgIpc) is 2.53. The highest BCUT2D eigenvalue weighted by Crippen LogP contribution is 2.12. The third-order valence-electron chi connectivity index (χ3n) is 4.09. The molecule has 1 N–H and O–H groups in total. The minimum atomic E-state index is 0.0827. The van der Waals surface area contributed by atoms with Gasteiger partial charge in [-0.3, -0.25) is 4.79 Å². The van der Waals surface area contributed by atoms with Crippen LogP contribution in [0.3, 0.4) is 0 Å². The van der Waals surface area contributed by atoms with E-state index in [-0.39, 0.29) is 18.6 Å². The summed E-state index contributed by atoms with van der Waals surface area (Å²) in [6.07, 6.45) is 2.22. The van der Waals surface area contributed by atoms with Crippen LogP contribution >= 0.6 is 0 Å². The smallest absolute Gasteiger partial charge is 0.248 e. The van der Waals surface area contributed by atoms with Crippen LogP contribution in [0.4, 0.5) is 0 Å². The maximum absolute atomic E-state index is 12.3. The number of nitrogens with zero attached hydrogens (tertiary/aromatic N) is 1. The quantitative estimate of drug-likeness (QED) is 0.872. The van der Waals surface area contributed by atoms with Crippen LogP contribution in [0.2, 0.25) is 0 Å². The van der Waals surface area contributed by atoms with Gasteiger partial charge in [-0.25, -0.2) is 0 Å². The van der Waals surface area contributed by atoms with Crippen molar-refractivity contribution in [3.63, 3.8) is 0 Å². The number of nitrogens with one attached hydrogen (secondary N) is 1. The van der Waals surface area contributed by atoms with Crippen molar-refractivity contribution in [1.29, 1.82) is 0 Å². The van der Waals surface area contributed by atoms with E-state index >= 15 is 0 Å². The summed E-state index contributed by atoms with van der Waals surface area (Å²) in [7, 11) is 0. The van der Waals surface area contributed by atoms with E-state index in [1.165, 1.54) is 11.1 Å². The van der Waals surface area contributed by atoms with Gasteiger partial charge in [-0.15, -0.1) is 0 Å².